The molecule has 4 aliphatic heterocycles. The van der Waals surface area contributed by atoms with Gasteiger partial charge in [-0.3, -0.25) is 0 Å². The van der Waals surface area contributed by atoms with Crippen LogP contribution in [0.2, 0.25) is 0 Å². The molecule has 6 nitrogen and oxygen atoms in total. The van der Waals surface area contributed by atoms with Gasteiger partial charge in [-0.2, -0.15) is 0 Å². The zero-order chi connectivity index (χ0) is 16.5. The first-order valence-electron chi connectivity index (χ1n) is 8.82. The smallest absolute Gasteiger partial charge is 0.186 e. The lowest BCUT2D eigenvalue weighted by atomic mass is 9.96. The van der Waals surface area contributed by atoms with Crippen molar-refractivity contribution >= 4 is 5.69 Å². The van der Waals surface area contributed by atoms with Crippen LogP contribution >= 0.6 is 0 Å². The molecular weight excluding hydrogens is 310 g/mol. The number of ether oxygens (including phenoxy) is 3. The van der Waals surface area contributed by atoms with Gasteiger partial charge < -0.3 is 29.3 Å². The predicted molar refractivity (Wildman–Crippen MR) is 88.0 cm³/mol. The van der Waals surface area contributed by atoms with Crippen LogP contribution < -0.4 is 4.90 Å². The number of aliphatic hydroxyl groups is 2. The van der Waals surface area contributed by atoms with Crippen molar-refractivity contribution in [2.75, 3.05) is 31.2 Å². The van der Waals surface area contributed by atoms with E-state index >= 15 is 0 Å². The van der Waals surface area contributed by atoms with Crippen LogP contribution in [0, 0.1) is 0 Å². The van der Waals surface area contributed by atoms with Gasteiger partial charge in [-0.05, 0) is 30.9 Å². The summed E-state index contributed by atoms with van der Waals surface area (Å²) in [5.74, 6) is 0. The number of hydrogen-bond acceptors (Lipinski definition) is 6. The molecule has 5 atom stereocenters. The zero-order valence-corrected chi connectivity index (χ0v) is 13.7. The van der Waals surface area contributed by atoms with Crippen LogP contribution in [0.1, 0.15) is 18.4 Å². The average Bonchev–Trinajstić information content (AvgIpc) is 2.74. The lowest BCUT2D eigenvalue weighted by Crippen LogP contribution is -2.61. The molecule has 2 bridgehead atoms. The summed E-state index contributed by atoms with van der Waals surface area (Å²) in [7, 11) is 0. The van der Waals surface area contributed by atoms with Gasteiger partial charge in [0.2, 0.25) is 0 Å². The van der Waals surface area contributed by atoms with Crippen LogP contribution in [0.5, 0.6) is 0 Å². The monoisotopic (exact) mass is 335 g/mol. The van der Waals surface area contributed by atoms with Crippen LogP contribution in [0.25, 0.3) is 0 Å². The summed E-state index contributed by atoms with van der Waals surface area (Å²) in [4.78, 5) is 2.29. The maximum atomic E-state index is 10.4. The van der Waals surface area contributed by atoms with Crippen LogP contribution in [0.4, 0.5) is 5.69 Å². The molecule has 3 fully saturated rings. The minimum Gasteiger partial charge on any atom is -0.387 e. The van der Waals surface area contributed by atoms with Gasteiger partial charge in [-0.1, -0.05) is 18.2 Å². The first-order chi connectivity index (χ1) is 11.7. The van der Waals surface area contributed by atoms with Crippen molar-refractivity contribution in [3.63, 3.8) is 0 Å². The Morgan fingerprint density at radius 1 is 1.04 bits per heavy atom. The number of aliphatic hydroxyl groups excluding tert-OH is 2. The van der Waals surface area contributed by atoms with Crippen LogP contribution in [0.3, 0.4) is 0 Å². The van der Waals surface area contributed by atoms with E-state index in [1.165, 1.54) is 11.3 Å². The van der Waals surface area contributed by atoms with E-state index in [9.17, 15) is 10.2 Å². The molecule has 0 spiro atoms. The Hall–Kier alpha value is -1.18. The number of anilines is 1. The molecule has 5 unspecified atom stereocenters. The summed E-state index contributed by atoms with van der Waals surface area (Å²) in [6.45, 7) is 2.52. The van der Waals surface area contributed by atoms with E-state index in [0.717, 1.165) is 25.8 Å². The summed E-state index contributed by atoms with van der Waals surface area (Å²) < 4.78 is 17.4. The number of hydrogen-bond donors (Lipinski definition) is 2. The quantitative estimate of drug-likeness (QED) is 0.829. The van der Waals surface area contributed by atoms with E-state index in [0.29, 0.717) is 19.8 Å². The second kappa shape index (κ2) is 6.98. The molecule has 0 aromatic heterocycles. The lowest BCUT2D eigenvalue weighted by Gasteiger charge is -2.44. The molecule has 0 amide bonds. The standard InChI is InChI=1S/C18H25NO5/c20-15-16(21)18-23-10-4-9-22-17(15)14(24-18)11-19-8-3-6-12-5-1-2-7-13(12)19/h1-2,5,7,14-18,20-21H,3-4,6,8-11H2. The summed E-state index contributed by atoms with van der Waals surface area (Å²) >= 11 is 0. The van der Waals surface area contributed by atoms with Crippen molar-refractivity contribution in [2.24, 2.45) is 0 Å². The highest BCUT2D eigenvalue weighted by Gasteiger charge is 2.47. The fourth-order valence-corrected chi connectivity index (χ4v) is 3.89. The third-order valence-electron chi connectivity index (χ3n) is 5.13. The van der Waals surface area contributed by atoms with E-state index in [4.69, 9.17) is 14.2 Å². The van der Waals surface area contributed by atoms with Crippen molar-refractivity contribution < 1.29 is 24.4 Å². The fraction of sp³-hybridized carbons (Fsp3) is 0.667. The first kappa shape index (κ1) is 16.3. The highest BCUT2D eigenvalue weighted by molar-refractivity contribution is 5.55. The molecule has 4 heterocycles. The number of aryl methyl sites for hydroxylation is 1. The lowest BCUT2D eigenvalue weighted by molar-refractivity contribution is -0.292. The number of benzene rings is 1. The molecule has 0 aliphatic carbocycles. The highest BCUT2D eigenvalue weighted by Crippen LogP contribution is 2.31. The highest BCUT2D eigenvalue weighted by atomic mass is 16.7. The zero-order valence-electron chi connectivity index (χ0n) is 13.7. The van der Waals surface area contributed by atoms with Gasteiger partial charge in [0.25, 0.3) is 0 Å². The Kier molecular flexibility index (Phi) is 4.74. The molecular formula is C18H25NO5. The van der Waals surface area contributed by atoms with Gasteiger partial charge in [0.15, 0.2) is 6.29 Å². The van der Waals surface area contributed by atoms with Crippen LogP contribution in [-0.4, -0.2) is 67.2 Å². The second-order valence-corrected chi connectivity index (χ2v) is 6.76. The van der Waals surface area contributed by atoms with E-state index in [2.05, 4.69) is 23.1 Å². The Balaban J connectivity index is 1.55. The SMILES string of the molecule is OC1C2OCCCOC(C(CN3CCCc4ccccc43)O2)C1O. The van der Waals surface area contributed by atoms with E-state index in [1.54, 1.807) is 0 Å². The van der Waals surface area contributed by atoms with Crippen molar-refractivity contribution in [1.82, 2.24) is 0 Å². The summed E-state index contributed by atoms with van der Waals surface area (Å²) in [5.41, 5.74) is 2.56. The Morgan fingerprint density at radius 2 is 1.88 bits per heavy atom. The normalized spacial score (nSPS) is 36.6. The van der Waals surface area contributed by atoms with Crippen LogP contribution in [-0.2, 0) is 20.6 Å². The molecule has 132 valence electrons. The van der Waals surface area contributed by atoms with Gasteiger partial charge in [-0.25, -0.2) is 0 Å². The average molecular weight is 335 g/mol. The first-order valence-corrected chi connectivity index (χ1v) is 8.82. The predicted octanol–water partition coefficient (Wildman–Crippen LogP) is 0.691. The molecule has 0 radical (unpaired) electrons. The van der Waals surface area contributed by atoms with E-state index in [1.807, 2.05) is 6.07 Å². The van der Waals surface area contributed by atoms with E-state index in [-0.39, 0.29) is 6.10 Å². The Labute approximate surface area is 141 Å². The number of fused-ring (bicyclic) bond motifs is 7. The summed E-state index contributed by atoms with van der Waals surface area (Å²) in [6.07, 6.45) is -0.807. The molecule has 1 aromatic rings. The van der Waals surface area contributed by atoms with Gasteiger partial charge in [0.1, 0.15) is 24.4 Å². The van der Waals surface area contributed by atoms with Gasteiger partial charge in [-0.15, -0.1) is 0 Å². The summed E-state index contributed by atoms with van der Waals surface area (Å²) in [6, 6.07) is 8.41. The second-order valence-electron chi connectivity index (χ2n) is 6.76. The maximum absolute atomic E-state index is 10.4. The van der Waals surface area contributed by atoms with Crippen molar-refractivity contribution in [3.05, 3.63) is 29.8 Å². The van der Waals surface area contributed by atoms with Crippen molar-refractivity contribution in [2.45, 2.75) is 50.0 Å². The number of nitrogens with zero attached hydrogens (tertiary/aromatic N) is 1. The number of rotatable bonds is 2. The molecule has 5 rings (SSSR count). The molecule has 0 saturated carbocycles. The Morgan fingerprint density at radius 3 is 2.79 bits per heavy atom. The fourth-order valence-electron chi connectivity index (χ4n) is 3.89. The molecule has 1 aromatic carbocycles. The molecule has 2 N–H and O–H groups in total. The molecule has 24 heavy (non-hydrogen) atoms. The third-order valence-corrected chi connectivity index (χ3v) is 5.13. The van der Waals surface area contributed by atoms with E-state index < -0.39 is 24.6 Å². The number of para-hydroxylation sites is 1. The molecule has 3 saturated heterocycles. The minimum absolute atomic E-state index is 0.336. The van der Waals surface area contributed by atoms with Gasteiger partial charge in [0.05, 0.1) is 6.61 Å². The summed E-state index contributed by atoms with van der Waals surface area (Å²) in [5, 5.41) is 20.6. The van der Waals surface area contributed by atoms with Gasteiger partial charge >= 0.3 is 0 Å². The third kappa shape index (κ3) is 3.05. The van der Waals surface area contributed by atoms with Crippen molar-refractivity contribution in [3.8, 4) is 0 Å². The largest absolute Gasteiger partial charge is 0.387 e. The topological polar surface area (TPSA) is 71.4 Å². The maximum Gasteiger partial charge on any atom is 0.186 e. The Bertz CT molecular complexity index is 566. The van der Waals surface area contributed by atoms with Crippen molar-refractivity contribution in [1.29, 1.82) is 0 Å². The minimum atomic E-state index is -1.07. The van der Waals surface area contributed by atoms with Crippen LogP contribution in [0.15, 0.2) is 24.3 Å². The van der Waals surface area contributed by atoms with Gasteiger partial charge in [0, 0.05) is 25.4 Å². The molecule has 4 aliphatic rings. The molecule has 6 heteroatoms.